The molecule has 15 heavy (non-hydrogen) atoms. The Hall–Kier alpha value is -2.28. The minimum Gasteiger partial charge on any atom is -0.398 e. The van der Waals surface area contributed by atoms with Gasteiger partial charge in [0.25, 0.3) is 5.56 Å². The minimum absolute atomic E-state index is 0.0767. The summed E-state index contributed by atoms with van der Waals surface area (Å²) >= 11 is 0. The number of fused-ring (bicyclic) bond motifs is 1. The predicted octanol–water partition coefficient (Wildman–Crippen LogP) is -0.826. The lowest BCUT2D eigenvalue weighted by Crippen LogP contribution is -2.33. The van der Waals surface area contributed by atoms with E-state index in [2.05, 4.69) is 4.99 Å². The molecule has 0 amide bonds. The van der Waals surface area contributed by atoms with Gasteiger partial charge in [-0.25, -0.2) is 10.1 Å². The fraction of sp³-hybridized carbons (Fsp3) is 0. The van der Waals surface area contributed by atoms with Gasteiger partial charge in [0.2, 0.25) is 0 Å². The second kappa shape index (κ2) is 3.14. The second-order valence-corrected chi connectivity index (χ2v) is 2.89. The third-order valence-corrected chi connectivity index (χ3v) is 2.02. The number of aromatic amines is 1. The maximum absolute atomic E-state index is 11.5. The number of aromatic nitrogens is 2. The van der Waals surface area contributed by atoms with Crippen molar-refractivity contribution < 1.29 is 10.2 Å². The monoisotopic (exact) mass is 209 g/mol. The van der Waals surface area contributed by atoms with Crippen molar-refractivity contribution in [2.75, 3.05) is 5.73 Å². The largest absolute Gasteiger partial charge is 0.398 e. The first-order valence-electron chi connectivity index (χ1n) is 4.00. The van der Waals surface area contributed by atoms with Crippen LogP contribution in [0.3, 0.4) is 0 Å². The molecule has 7 heteroatoms. The van der Waals surface area contributed by atoms with Gasteiger partial charge in [0.05, 0.1) is 10.8 Å². The van der Waals surface area contributed by atoms with Crippen LogP contribution < -0.4 is 21.8 Å². The molecule has 0 spiro atoms. The number of nitrogens with one attached hydrogen (secondary N) is 1. The van der Waals surface area contributed by atoms with Gasteiger partial charge in [-0.15, -0.1) is 0 Å². The van der Waals surface area contributed by atoms with E-state index in [0.29, 0.717) is 4.85 Å². The molecule has 0 fully saturated rings. The summed E-state index contributed by atoms with van der Waals surface area (Å²) < 4.78 is 0. The highest BCUT2D eigenvalue weighted by molar-refractivity contribution is 5.91. The van der Waals surface area contributed by atoms with Gasteiger partial charge in [-0.1, -0.05) is 6.07 Å². The first kappa shape index (κ1) is 9.28. The molecule has 1 aromatic heterocycles. The van der Waals surface area contributed by atoms with Crippen LogP contribution in [-0.2, 0) is 0 Å². The topological polar surface area (TPSA) is 110 Å². The molecular formula is C8H7N3O4. The summed E-state index contributed by atoms with van der Waals surface area (Å²) in [6.07, 6.45) is 0. The third-order valence-electron chi connectivity index (χ3n) is 2.02. The van der Waals surface area contributed by atoms with Gasteiger partial charge < -0.3 is 5.73 Å². The number of H-pyrrole nitrogens is 1. The molecule has 0 aliphatic rings. The quantitative estimate of drug-likeness (QED) is 0.322. The number of hydrogen-bond donors (Lipinski definition) is 3. The third kappa shape index (κ3) is 1.25. The van der Waals surface area contributed by atoms with Crippen molar-refractivity contribution in [3.05, 3.63) is 38.9 Å². The lowest BCUT2D eigenvalue weighted by molar-refractivity contribution is -0.257. The fourth-order valence-corrected chi connectivity index (χ4v) is 1.37. The summed E-state index contributed by atoms with van der Waals surface area (Å²) in [6, 6.07) is 4.44. The Morgan fingerprint density at radius 2 is 2.13 bits per heavy atom. The van der Waals surface area contributed by atoms with E-state index in [1.807, 2.05) is 5.10 Å². The van der Waals surface area contributed by atoms with Crippen LogP contribution in [0.15, 0.2) is 27.8 Å². The van der Waals surface area contributed by atoms with Crippen molar-refractivity contribution in [3.8, 4) is 0 Å². The molecule has 0 aliphatic heterocycles. The zero-order valence-corrected chi connectivity index (χ0v) is 7.43. The van der Waals surface area contributed by atoms with Crippen molar-refractivity contribution in [2.24, 2.45) is 0 Å². The molecule has 7 nitrogen and oxygen atoms in total. The number of hydrogen-bond acceptors (Lipinski definition) is 5. The number of nitrogens with two attached hydrogens (primary N) is 1. The Balaban J connectivity index is 3.07. The van der Waals surface area contributed by atoms with Gasteiger partial charge in [0.1, 0.15) is 0 Å². The molecule has 0 unspecified atom stereocenters. The zero-order chi connectivity index (χ0) is 11.0. The summed E-state index contributed by atoms with van der Waals surface area (Å²) in [5.41, 5.74) is 4.43. The standard InChI is InChI=1S/C8H7N3O4/c9-5-3-1-2-4-6(5)7(12)10-11(15-14)8(4)13/h1-3,14H,9H2,(H,10,12). The maximum Gasteiger partial charge on any atom is 0.312 e. The minimum atomic E-state index is -0.695. The first-order valence-corrected chi connectivity index (χ1v) is 4.00. The van der Waals surface area contributed by atoms with Gasteiger partial charge in [0.15, 0.2) is 0 Å². The van der Waals surface area contributed by atoms with Crippen LogP contribution in [0.4, 0.5) is 5.69 Å². The SMILES string of the molecule is Nc1cccc2c(=O)n(OO)[nH]c(=O)c12. The van der Waals surface area contributed by atoms with E-state index >= 15 is 0 Å². The lowest BCUT2D eigenvalue weighted by atomic mass is 10.1. The van der Waals surface area contributed by atoms with Crippen molar-refractivity contribution >= 4 is 16.5 Å². The van der Waals surface area contributed by atoms with Crippen LogP contribution in [0.1, 0.15) is 0 Å². The summed E-state index contributed by atoms with van der Waals surface area (Å²) in [5.74, 6) is 0. The van der Waals surface area contributed by atoms with Crippen molar-refractivity contribution in [2.45, 2.75) is 0 Å². The molecule has 4 N–H and O–H groups in total. The molecule has 1 aromatic carbocycles. The molecule has 0 aliphatic carbocycles. The number of nitrogen functional groups attached to an aromatic ring is 1. The van der Waals surface area contributed by atoms with E-state index < -0.39 is 11.1 Å². The first-order chi connectivity index (χ1) is 7.15. The van der Waals surface area contributed by atoms with Gasteiger partial charge in [-0.05, 0) is 17.0 Å². The molecule has 2 rings (SSSR count). The molecule has 2 aromatic rings. The summed E-state index contributed by atoms with van der Waals surface area (Å²) in [4.78, 5) is 27.0. The highest BCUT2D eigenvalue weighted by atomic mass is 17.2. The average Bonchev–Trinajstić information content (AvgIpc) is 2.23. The number of rotatable bonds is 1. The summed E-state index contributed by atoms with van der Waals surface area (Å²) in [6.45, 7) is 0. The van der Waals surface area contributed by atoms with Crippen LogP contribution in [0.25, 0.3) is 10.8 Å². The van der Waals surface area contributed by atoms with Gasteiger partial charge in [-0.3, -0.25) is 9.59 Å². The smallest absolute Gasteiger partial charge is 0.312 e. The Kier molecular flexibility index (Phi) is 1.94. The van der Waals surface area contributed by atoms with Crippen LogP contribution >= 0.6 is 0 Å². The second-order valence-electron chi connectivity index (χ2n) is 2.89. The molecule has 78 valence electrons. The molecule has 0 bridgehead atoms. The zero-order valence-electron chi connectivity index (χ0n) is 7.43. The highest BCUT2D eigenvalue weighted by Gasteiger charge is 2.09. The normalized spacial score (nSPS) is 10.5. The molecular weight excluding hydrogens is 202 g/mol. The van der Waals surface area contributed by atoms with Gasteiger partial charge >= 0.3 is 5.56 Å². The van der Waals surface area contributed by atoms with Crippen molar-refractivity contribution in [1.82, 2.24) is 9.94 Å². The fourth-order valence-electron chi connectivity index (χ4n) is 1.37. The Morgan fingerprint density at radius 1 is 1.40 bits per heavy atom. The Bertz CT molecular complexity index is 628. The Morgan fingerprint density at radius 3 is 2.80 bits per heavy atom. The highest BCUT2D eigenvalue weighted by Crippen LogP contribution is 2.12. The lowest BCUT2D eigenvalue weighted by Gasteiger charge is -2.03. The van der Waals surface area contributed by atoms with E-state index in [-0.39, 0.29) is 16.5 Å². The van der Waals surface area contributed by atoms with Gasteiger partial charge in [0, 0.05) is 5.69 Å². The molecule has 1 heterocycles. The number of benzene rings is 1. The van der Waals surface area contributed by atoms with Crippen LogP contribution in [0.5, 0.6) is 0 Å². The summed E-state index contributed by atoms with van der Waals surface area (Å²) in [5, 5.41) is 10.5. The van der Waals surface area contributed by atoms with Crippen molar-refractivity contribution in [3.63, 3.8) is 0 Å². The van der Waals surface area contributed by atoms with E-state index in [4.69, 9.17) is 11.0 Å². The van der Waals surface area contributed by atoms with E-state index in [1.165, 1.54) is 18.2 Å². The van der Waals surface area contributed by atoms with E-state index in [0.717, 1.165) is 0 Å². The molecule has 0 atom stereocenters. The molecule has 0 radical (unpaired) electrons. The predicted molar refractivity (Wildman–Crippen MR) is 52.4 cm³/mol. The van der Waals surface area contributed by atoms with Crippen molar-refractivity contribution in [1.29, 1.82) is 0 Å². The Labute approximate surface area is 82.2 Å². The van der Waals surface area contributed by atoms with E-state index in [1.54, 1.807) is 0 Å². The number of anilines is 1. The van der Waals surface area contributed by atoms with Gasteiger partial charge in [-0.2, -0.15) is 5.26 Å². The van der Waals surface area contributed by atoms with E-state index in [9.17, 15) is 9.59 Å². The van der Waals surface area contributed by atoms with Crippen LogP contribution in [0, 0.1) is 0 Å². The molecule has 0 saturated carbocycles. The average molecular weight is 209 g/mol. The number of nitrogens with zero attached hydrogens (tertiary/aromatic N) is 1. The summed E-state index contributed by atoms with van der Waals surface area (Å²) in [7, 11) is 0. The van der Waals surface area contributed by atoms with Crippen LogP contribution in [0.2, 0.25) is 0 Å². The van der Waals surface area contributed by atoms with Crippen LogP contribution in [-0.4, -0.2) is 15.2 Å². The maximum atomic E-state index is 11.5. The molecule has 0 saturated heterocycles.